The van der Waals surface area contributed by atoms with E-state index in [2.05, 4.69) is 33.1 Å². The zero-order chi connectivity index (χ0) is 29.5. The van der Waals surface area contributed by atoms with Gasteiger partial charge in [-0.05, 0) is 59.7 Å². The number of aryl methyl sites for hydroxylation is 1. The van der Waals surface area contributed by atoms with E-state index in [-0.39, 0.29) is 30.4 Å². The number of carbonyl (C=O) groups excluding carboxylic acids is 3. The Balaban J connectivity index is 1.06. The fraction of sp³-hybridized carbons (Fsp3) is 0.273. The molecular weight excluding hydrogens is 530 g/mol. The summed E-state index contributed by atoms with van der Waals surface area (Å²) in [5.41, 5.74) is 3.87. The molecule has 9 nitrogen and oxygen atoms in total. The van der Waals surface area contributed by atoms with Crippen molar-refractivity contribution in [1.82, 2.24) is 19.4 Å². The number of carbonyl (C=O) groups is 3. The van der Waals surface area contributed by atoms with E-state index in [9.17, 15) is 14.4 Å². The summed E-state index contributed by atoms with van der Waals surface area (Å²) in [6.45, 7) is 1.65. The Morgan fingerprint density at radius 1 is 1.02 bits per heavy atom. The van der Waals surface area contributed by atoms with Crippen LogP contribution in [0.4, 0.5) is 10.6 Å². The van der Waals surface area contributed by atoms with Gasteiger partial charge < -0.3 is 24.4 Å². The average molecular weight is 566 g/mol. The van der Waals surface area contributed by atoms with Crippen LogP contribution in [0.15, 0.2) is 85.1 Å². The van der Waals surface area contributed by atoms with Gasteiger partial charge in [-0.25, -0.2) is 9.78 Å². The number of fused-ring (bicyclic) bond motifs is 1. The molecule has 3 heterocycles. The molecule has 0 unspecified atom stereocenters. The zero-order valence-corrected chi connectivity index (χ0v) is 23.9. The van der Waals surface area contributed by atoms with Gasteiger partial charge in [0.2, 0.25) is 11.8 Å². The van der Waals surface area contributed by atoms with E-state index in [0.29, 0.717) is 38.3 Å². The van der Waals surface area contributed by atoms with Crippen LogP contribution in [0.5, 0.6) is 0 Å². The number of piperidine rings is 1. The van der Waals surface area contributed by atoms with E-state index in [1.165, 1.54) is 6.08 Å². The number of ether oxygens (including phenoxy) is 1. The third kappa shape index (κ3) is 7.04. The van der Waals surface area contributed by atoms with Crippen molar-refractivity contribution in [2.75, 3.05) is 25.5 Å². The predicted octanol–water partition coefficient (Wildman–Crippen LogP) is 5.23. The molecule has 2 aromatic heterocycles. The van der Waals surface area contributed by atoms with Crippen molar-refractivity contribution in [3.63, 3.8) is 0 Å². The number of nitrogens with one attached hydrogen (secondary N) is 1. The normalized spacial score (nSPS) is 13.8. The van der Waals surface area contributed by atoms with Gasteiger partial charge in [-0.1, -0.05) is 48.5 Å². The van der Waals surface area contributed by atoms with Crippen LogP contribution in [-0.2, 0) is 34.5 Å². The summed E-state index contributed by atoms with van der Waals surface area (Å²) in [5, 5.41) is 4.02. The summed E-state index contributed by atoms with van der Waals surface area (Å²) in [6.07, 6.45) is 5.61. The molecule has 1 aliphatic rings. The molecular formula is C33H35N5O4. The minimum absolute atomic E-state index is 0.117. The lowest BCUT2D eigenvalue weighted by molar-refractivity contribution is -0.125. The third-order valence-electron chi connectivity index (χ3n) is 7.61. The van der Waals surface area contributed by atoms with Crippen LogP contribution >= 0.6 is 0 Å². The molecule has 0 radical (unpaired) electrons. The summed E-state index contributed by atoms with van der Waals surface area (Å²) in [4.78, 5) is 45.6. The Bertz CT molecular complexity index is 1570. The van der Waals surface area contributed by atoms with Crippen molar-refractivity contribution >= 4 is 40.7 Å². The molecule has 0 aliphatic carbocycles. The summed E-state index contributed by atoms with van der Waals surface area (Å²) < 4.78 is 7.51. The van der Waals surface area contributed by atoms with Crippen molar-refractivity contribution in [3.05, 3.63) is 102 Å². The van der Waals surface area contributed by atoms with Crippen molar-refractivity contribution in [2.45, 2.75) is 26.0 Å². The first kappa shape index (κ1) is 28.6. The Morgan fingerprint density at radius 3 is 2.48 bits per heavy atom. The second-order valence-corrected chi connectivity index (χ2v) is 10.5. The maximum Gasteiger partial charge on any atom is 0.410 e. The highest BCUT2D eigenvalue weighted by atomic mass is 16.6. The Kier molecular flexibility index (Phi) is 8.96. The number of anilines is 1. The average Bonchev–Trinajstić information content (AvgIpc) is 3.34. The van der Waals surface area contributed by atoms with Crippen molar-refractivity contribution < 1.29 is 19.1 Å². The van der Waals surface area contributed by atoms with Crippen LogP contribution in [-0.4, -0.2) is 57.4 Å². The lowest BCUT2D eigenvalue weighted by Gasteiger charge is -2.30. The quantitative estimate of drug-likeness (QED) is 0.295. The first-order valence-corrected chi connectivity index (χ1v) is 14.1. The number of rotatable bonds is 8. The number of para-hydroxylation sites is 1. The zero-order valence-electron chi connectivity index (χ0n) is 23.9. The topological polar surface area (TPSA) is 96.8 Å². The highest BCUT2D eigenvalue weighted by molar-refractivity contribution is 5.93. The van der Waals surface area contributed by atoms with Gasteiger partial charge in [-0.3, -0.25) is 9.59 Å². The highest BCUT2D eigenvalue weighted by Gasteiger charge is 2.28. The van der Waals surface area contributed by atoms with E-state index in [4.69, 9.17) is 4.74 Å². The standard InChI is InChI=1S/C33H35N5O4/c1-36(22-28-20-27-10-6-7-11-29(27)37(28)2)31(39)15-13-24-12-14-30(34-21-24)35-32(40)26-16-18-38(19-17-26)33(41)42-23-25-8-4-3-5-9-25/h3-15,20-21,26H,16-19,22-23H2,1-2H3,(H,34,35,40). The molecule has 9 heteroatoms. The molecule has 0 spiro atoms. The van der Waals surface area contributed by atoms with Gasteiger partial charge in [0.05, 0.1) is 6.54 Å². The van der Waals surface area contributed by atoms with E-state index in [1.54, 1.807) is 35.2 Å². The Morgan fingerprint density at radius 2 is 1.76 bits per heavy atom. The molecule has 0 saturated carbocycles. The van der Waals surface area contributed by atoms with Gasteiger partial charge >= 0.3 is 6.09 Å². The lowest BCUT2D eigenvalue weighted by Crippen LogP contribution is -2.41. The molecule has 1 saturated heterocycles. The first-order chi connectivity index (χ1) is 20.4. The van der Waals surface area contributed by atoms with Crippen LogP contribution < -0.4 is 5.32 Å². The number of hydrogen-bond donors (Lipinski definition) is 1. The third-order valence-corrected chi connectivity index (χ3v) is 7.61. The molecule has 0 atom stereocenters. The molecule has 1 N–H and O–H groups in total. The molecule has 2 aromatic carbocycles. The molecule has 42 heavy (non-hydrogen) atoms. The number of aromatic nitrogens is 2. The minimum Gasteiger partial charge on any atom is -0.445 e. The molecule has 216 valence electrons. The van der Waals surface area contributed by atoms with Gasteiger partial charge in [-0.15, -0.1) is 0 Å². The summed E-state index contributed by atoms with van der Waals surface area (Å²) in [5.74, 6) is 0.00162. The number of hydrogen-bond acceptors (Lipinski definition) is 5. The highest BCUT2D eigenvalue weighted by Crippen LogP contribution is 2.21. The molecule has 4 aromatic rings. The SMILES string of the molecule is CN(Cc1cc2ccccc2n1C)C(=O)C=Cc1ccc(NC(=O)C2CCN(C(=O)OCc3ccccc3)CC2)nc1. The summed E-state index contributed by atoms with van der Waals surface area (Å²) >= 11 is 0. The van der Waals surface area contributed by atoms with Gasteiger partial charge in [0.15, 0.2) is 0 Å². The van der Waals surface area contributed by atoms with Crippen LogP contribution in [0.3, 0.4) is 0 Å². The van der Waals surface area contributed by atoms with Gasteiger partial charge in [0, 0.05) is 56.6 Å². The van der Waals surface area contributed by atoms with Crippen molar-refractivity contribution in [2.24, 2.45) is 13.0 Å². The second-order valence-electron chi connectivity index (χ2n) is 10.5. The number of amides is 3. The molecule has 5 rings (SSSR count). The largest absolute Gasteiger partial charge is 0.445 e. The van der Waals surface area contributed by atoms with Crippen LogP contribution in [0.25, 0.3) is 17.0 Å². The maximum absolute atomic E-state index is 12.8. The number of likely N-dealkylation sites (tertiary alicyclic amines) is 1. The fourth-order valence-electron chi connectivity index (χ4n) is 5.05. The monoisotopic (exact) mass is 565 g/mol. The smallest absolute Gasteiger partial charge is 0.410 e. The first-order valence-electron chi connectivity index (χ1n) is 14.1. The van der Waals surface area contributed by atoms with E-state index < -0.39 is 0 Å². The molecule has 0 bridgehead atoms. The number of nitrogens with zero attached hydrogens (tertiary/aromatic N) is 4. The number of benzene rings is 2. The summed E-state index contributed by atoms with van der Waals surface area (Å²) in [7, 11) is 3.78. The lowest BCUT2D eigenvalue weighted by atomic mass is 9.96. The number of likely N-dealkylation sites (N-methyl/N-ethyl adjacent to an activating group) is 1. The van der Waals surface area contributed by atoms with Crippen LogP contribution in [0.2, 0.25) is 0 Å². The fourth-order valence-corrected chi connectivity index (χ4v) is 5.05. The van der Waals surface area contributed by atoms with Gasteiger partial charge in [0.25, 0.3) is 0 Å². The van der Waals surface area contributed by atoms with E-state index in [1.807, 2.05) is 55.6 Å². The molecule has 1 aliphatic heterocycles. The van der Waals surface area contributed by atoms with Gasteiger partial charge in [0.1, 0.15) is 12.4 Å². The van der Waals surface area contributed by atoms with Crippen molar-refractivity contribution in [3.8, 4) is 0 Å². The van der Waals surface area contributed by atoms with Crippen molar-refractivity contribution in [1.29, 1.82) is 0 Å². The summed E-state index contributed by atoms with van der Waals surface area (Å²) in [6, 6.07) is 23.3. The van der Waals surface area contributed by atoms with Crippen LogP contribution in [0.1, 0.15) is 29.7 Å². The second kappa shape index (κ2) is 13.2. The number of pyridine rings is 1. The minimum atomic E-state index is -0.360. The van der Waals surface area contributed by atoms with E-state index in [0.717, 1.165) is 27.7 Å². The van der Waals surface area contributed by atoms with Gasteiger partial charge in [-0.2, -0.15) is 0 Å². The molecule has 1 fully saturated rings. The predicted molar refractivity (Wildman–Crippen MR) is 162 cm³/mol. The Labute approximate surface area is 245 Å². The molecule has 3 amide bonds. The van der Waals surface area contributed by atoms with Crippen LogP contribution in [0, 0.1) is 5.92 Å². The van der Waals surface area contributed by atoms with E-state index >= 15 is 0 Å². The maximum atomic E-state index is 12.8. The Hall–Kier alpha value is -4.92.